The van der Waals surface area contributed by atoms with Gasteiger partial charge in [-0.25, -0.2) is 14.8 Å². The second kappa shape index (κ2) is 7.00. The zero-order chi connectivity index (χ0) is 17.0. The number of nitrogens with zero attached hydrogens (tertiary/aromatic N) is 2. The summed E-state index contributed by atoms with van der Waals surface area (Å²) in [6.45, 7) is 9.39. The maximum absolute atomic E-state index is 11.7. The Morgan fingerprint density at radius 3 is 2.17 bits per heavy atom. The van der Waals surface area contributed by atoms with E-state index < -0.39 is 11.7 Å². The standard InChI is InChI=1S/C17H21N3O2S/c1-11-10-12(2)19-15(18-11)23-14-8-6-13(7-9-14)20-16(21)22-17(3,4)5/h6-10H,1-5H3,(H,20,21). The minimum absolute atomic E-state index is 0.462. The van der Waals surface area contributed by atoms with Crippen molar-refractivity contribution in [2.24, 2.45) is 0 Å². The van der Waals surface area contributed by atoms with Crippen molar-refractivity contribution < 1.29 is 9.53 Å². The predicted octanol–water partition coefficient (Wildman–Crippen LogP) is 4.59. The molecule has 0 fully saturated rings. The average molecular weight is 331 g/mol. The van der Waals surface area contributed by atoms with Gasteiger partial charge >= 0.3 is 6.09 Å². The fraction of sp³-hybridized carbons (Fsp3) is 0.353. The number of nitrogens with one attached hydrogen (secondary N) is 1. The lowest BCUT2D eigenvalue weighted by Crippen LogP contribution is -2.27. The van der Waals surface area contributed by atoms with Crippen LogP contribution in [-0.4, -0.2) is 21.7 Å². The van der Waals surface area contributed by atoms with E-state index in [-0.39, 0.29) is 0 Å². The number of carbonyl (C=O) groups excluding carboxylic acids is 1. The van der Waals surface area contributed by atoms with Crippen LogP contribution in [0.3, 0.4) is 0 Å². The third-order valence-corrected chi connectivity index (χ3v) is 3.54. The Morgan fingerprint density at radius 1 is 1.09 bits per heavy atom. The fourth-order valence-electron chi connectivity index (χ4n) is 1.87. The molecule has 0 spiro atoms. The van der Waals surface area contributed by atoms with E-state index in [1.165, 1.54) is 11.8 Å². The highest BCUT2D eigenvalue weighted by Crippen LogP contribution is 2.26. The maximum atomic E-state index is 11.7. The number of aromatic nitrogens is 2. The van der Waals surface area contributed by atoms with E-state index in [0.29, 0.717) is 5.69 Å². The van der Waals surface area contributed by atoms with Gasteiger partial charge in [0.2, 0.25) is 0 Å². The summed E-state index contributed by atoms with van der Waals surface area (Å²) in [6.07, 6.45) is -0.462. The van der Waals surface area contributed by atoms with Gasteiger partial charge in [-0.1, -0.05) is 0 Å². The van der Waals surface area contributed by atoms with Crippen molar-refractivity contribution in [1.29, 1.82) is 0 Å². The molecule has 0 saturated heterocycles. The molecule has 2 aromatic rings. The number of aryl methyl sites for hydroxylation is 2. The molecule has 0 aliphatic rings. The molecule has 0 bridgehead atoms. The molecule has 122 valence electrons. The average Bonchev–Trinajstić information content (AvgIpc) is 2.37. The molecule has 0 atom stereocenters. The molecule has 1 N–H and O–H groups in total. The number of benzene rings is 1. The normalized spacial score (nSPS) is 11.2. The molecule has 1 heterocycles. The van der Waals surface area contributed by atoms with Crippen LogP contribution in [-0.2, 0) is 4.74 Å². The molecular formula is C17H21N3O2S. The molecular weight excluding hydrogens is 310 g/mol. The SMILES string of the molecule is Cc1cc(C)nc(Sc2ccc(NC(=O)OC(C)(C)C)cc2)n1. The van der Waals surface area contributed by atoms with E-state index in [2.05, 4.69) is 15.3 Å². The van der Waals surface area contributed by atoms with Gasteiger partial charge in [0.15, 0.2) is 5.16 Å². The van der Waals surface area contributed by atoms with Crippen LogP contribution in [0.1, 0.15) is 32.2 Å². The molecule has 1 aromatic carbocycles. The third kappa shape index (κ3) is 5.90. The quantitative estimate of drug-likeness (QED) is 0.833. The van der Waals surface area contributed by atoms with E-state index in [4.69, 9.17) is 4.74 Å². The third-order valence-electron chi connectivity index (χ3n) is 2.67. The first kappa shape index (κ1) is 17.3. The smallest absolute Gasteiger partial charge is 0.412 e. The lowest BCUT2D eigenvalue weighted by atomic mass is 10.2. The van der Waals surface area contributed by atoms with Crippen LogP contribution in [0.4, 0.5) is 10.5 Å². The Bertz CT molecular complexity index is 674. The van der Waals surface area contributed by atoms with Crippen molar-refractivity contribution in [2.45, 2.75) is 50.3 Å². The Labute approximate surface area is 140 Å². The second-order valence-corrected chi connectivity index (χ2v) is 7.23. The van der Waals surface area contributed by atoms with Crippen LogP contribution < -0.4 is 5.32 Å². The zero-order valence-corrected chi connectivity index (χ0v) is 14.8. The van der Waals surface area contributed by atoms with Crippen LogP contribution in [0.15, 0.2) is 40.4 Å². The lowest BCUT2D eigenvalue weighted by Gasteiger charge is -2.19. The first-order valence-electron chi connectivity index (χ1n) is 7.31. The highest BCUT2D eigenvalue weighted by atomic mass is 32.2. The van der Waals surface area contributed by atoms with Gasteiger partial charge in [0, 0.05) is 22.0 Å². The van der Waals surface area contributed by atoms with Crippen LogP contribution in [0, 0.1) is 13.8 Å². The largest absolute Gasteiger partial charge is 0.444 e. The molecule has 0 saturated carbocycles. The van der Waals surface area contributed by atoms with Crippen molar-refractivity contribution in [2.75, 3.05) is 5.32 Å². The summed E-state index contributed by atoms with van der Waals surface area (Å²) < 4.78 is 5.22. The van der Waals surface area contributed by atoms with Crippen molar-refractivity contribution in [1.82, 2.24) is 9.97 Å². The summed E-state index contributed by atoms with van der Waals surface area (Å²) in [6, 6.07) is 9.43. The molecule has 1 aromatic heterocycles. The van der Waals surface area contributed by atoms with Gasteiger partial charge < -0.3 is 4.74 Å². The van der Waals surface area contributed by atoms with E-state index in [1.54, 1.807) is 0 Å². The van der Waals surface area contributed by atoms with Crippen LogP contribution in [0.25, 0.3) is 0 Å². The summed E-state index contributed by atoms with van der Waals surface area (Å²) >= 11 is 1.49. The summed E-state index contributed by atoms with van der Waals surface area (Å²) in [5.74, 6) is 0. The Balaban J connectivity index is 2.00. The van der Waals surface area contributed by atoms with E-state index in [1.807, 2.05) is 65.0 Å². The topological polar surface area (TPSA) is 64.1 Å². The van der Waals surface area contributed by atoms with Crippen LogP contribution in [0.2, 0.25) is 0 Å². The summed E-state index contributed by atoms with van der Waals surface area (Å²) in [5.41, 5.74) is 2.07. The number of amides is 1. The molecule has 0 aliphatic carbocycles. The van der Waals surface area contributed by atoms with Gasteiger partial charge in [-0.3, -0.25) is 5.32 Å². The Morgan fingerprint density at radius 2 is 1.65 bits per heavy atom. The number of rotatable bonds is 3. The molecule has 2 rings (SSSR count). The highest BCUT2D eigenvalue weighted by Gasteiger charge is 2.16. The molecule has 0 unspecified atom stereocenters. The van der Waals surface area contributed by atoms with Gasteiger partial charge in [0.1, 0.15) is 5.60 Å². The number of anilines is 1. The van der Waals surface area contributed by atoms with Crippen molar-refractivity contribution in [3.05, 3.63) is 41.7 Å². The molecule has 0 radical (unpaired) electrons. The first-order valence-corrected chi connectivity index (χ1v) is 8.13. The zero-order valence-electron chi connectivity index (χ0n) is 14.0. The van der Waals surface area contributed by atoms with E-state index in [0.717, 1.165) is 21.4 Å². The minimum atomic E-state index is -0.514. The number of carbonyl (C=O) groups is 1. The predicted molar refractivity (Wildman–Crippen MR) is 91.9 cm³/mol. The van der Waals surface area contributed by atoms with Crippen molar-refractivity contribution in [3.63, 3.8) is 0 Å². The summed E-state index contributed by atoms with van der Waals surface area (Å²) in [5, 5.41) is 3.42. The van der Waals surface area contributed by atoms with E-state index in [9.17, 15) is 4.79 Å². The molecule has 0 aliphatic heterocycles. The minimum Gasteiger partial charge on any atom is -0.444 e. The highest BCUT2D eigenvalue weighted by molar-refractivity contribution is 7.99. The van der Waals surface area contributed by atoms with Gasteiger partial charge in [0.25, 0.3) is 0 Å². The van der Waals surface area contributed by atoms with Gasteiger partial charge in [0.05, 0.1) is 0 Å². The van der Waals surface area contributed by atoms with E-state index >= 15 is 0 Å². The van der Waals surface area contributed by atoms with Crippen LogP contribution in [0.5, 0.6) is 0 Å². The number of hydrogen-bond donors (Lipinski definition) is 1. The fourth-order valence-corrected chi connectivity index (χ4v) is 2.73. The molecule has 5 nitrogen and oxygen atoms in total. The van der Waals surface area contributed by atoms with Crippen molar-refractivity contribution >= 4 is 23.5 Å². The Kier molecular flexibility index (Phi) is 5.26. The first-order chi connectivity index (χ1) is 10.7. The maximum Gasteiger partial charge on any atom is 0.412 e. The summed E-state index contributed by atoms with van der Waals surface area (Å²) in [4.78, 5) is 21.5. The number of ether oxygens (including phenoxy) is 1. The van der Waals surface area contributed by atoms with Gasteiger partial charge in [-0.2, -0.15) is 0 Å². The second-order valence-electron chi connectivity index (χ2n) is 6.19. The Hall–Kier alpha value is -2.08. The molecule has 6 heteroatoms. The molecule has 1 amide bonds. The number of hydrogen-bond acceptors (Lipinski definition) is 5. The molecule has 23 heavy (non-hydrogen) atoms. The van der Waals surface area contributed by atoms with Gasteiger partial charge in [-0.15, -0.1) is 0 Å². The monoisotopic (exact) mass is 331 g/mol. The lowest BCUT2D eigenvalue weighted by molar-refractivity contribution is 0.0636. The summed E-state index contributed by atoms with van der Waals surface area (Å²) in [7, 11) is 0. The van der Waals surface area contributed by atoms with Gasteiger partial charge in [-0.05, 0) is 76.7 Å². The van der Waals surface area contributed by atoms with Crippen molar-refractivity contribution in [3.8, 4) is 0 Å². The van der Waals surface area contributed by atoms with Crippen LogP contribution >= 0.6 is 11.8 Å².